The Morgan fingerprint density at radius 1 is 1.42 bits per heavy atom. The first-order valence-corrected chi connectivity index (χ1v) is 8.01. The second kappa shape index (κ2) is 5.21. The van der Waals surface area contributed by atoms with Crippen LogP contribution in [-0.4, -0.2) is 28.9 Å². The van der Waals surface area contributed by atoms with Crippen molar-refractivity contribution in [2.75, 3.05) is 13.1 Å². The molecule has 5 heteroatoms. The van der Waals surface area contributed by atoms with Gasteiger partial charge in [-0.2, -0.15) is 0 Å². The van der Waals surface area contributed by atoms with Crippen molar-refractivity contribution in [1.82, 2.24) is 9.88 Å². The van der Waals surface area contributed by atoms with Crippen molar-refractivity contribution >= 4 is 17.2 Å². The topological polar surface area (TPSA) is 59.2 Å². The fraction of sp³-hybridized carbons (Fsp3) is 0.714. The van der Waals surface area contributed by atoms with Crippen LogP contribution in [0.5, 0.6) is 0 Å². The average molecular weight is 279 g/mol. The lowest BCUT2D eigenvalue weighted by molar-refractivity contribution is 0.0734. The number of carbonyl (C=O) groups is 1. The van der Waals surface area contributed by atoms with Gasteiger partial charge in [0.2, 0.25) is 0 Å². The van der Waals surface area contributed by atoms with E-state index in [1.807, 2.05) is 17.2 Å². The highest BCUT2D eigenvalue weighted by Gasteiger charge is 2.32. The molecule has 0 radical (unpaired) electrons. The van der Waals surface area contributed by atoms with Gasteiger partial charge < -0.3 is 10.6 Å². The zero-order chi connectivity index (χ0) is 13.4. The predicted octanol–water partition coefficient (Wildman–Crippen LogP) is 2.42. The molecule has 1 atom stereocenters. The summed E-state index contributed by atoms with van der Waals surface area (Å²) in [7, 11) is 0. The minimum atomic E-state index is -0.0909. The van der Waals surface area contributed by atoms with Crippen LogP contribution in [0.3, 0.4) is 0 Å². The summed E-state index contributed by atoms with van der Waals surface area (Å²) < 4.78 is 0. The van der Waals surface area contributed by atoms with Crippen molar-refractivity contribution in [2.24, 2.45) is 17.6 Å². The largest absolute Gasteiger partial charge is 0.337 e. The number of hydrogen-bond acceptors (Lipinski definition) is 4. The van der Waals surface area contributed by atoms with Crippen molar-refractivity contribution in [3.63, 3.8) is 0 Å². The van der Waals surface area contributed by atoms with Gasteiger partial charge in [-0.15, -0.1) is 11.3 Å². The Bertz CT molecular complexity index is 449. The lowest BCUT2D eigenvalue weighted by atomic mass is 10.3. The van der Waals surface area contributed by atoms with E-state index in [0.717, 1.165) is 29.9 Å². The van der Waals surface area contributed by atoms with Gasteiger partial charge in [-0.3, -0.25) is 4.79 Å². The minimum absolute atomic E-state index is 0.0909. The first kappa shape index (κ1) is 13.1. The Labute approximate surface area is 118 Å². The van der Waals surface area contributed by atoms with Crippen LogP contribution < -0.4 is 5.73 Å². The van der Waals surface area contributed by atoms with E-state index in [9.17, 15) is 4.79 Å². The Morgan fingerprint density at radius 3 is 2.42 bits per heavy atom. The molecule has 4 nitrogen and oxygen atoms in total. The van der Waals surface area contributed by atoms with Gasteiger partial charge in [0.1, 0.15) is 10.7 Å². The van der Waals surface area contributed by atoms with Gasteiger partial charge >= 0.3 is 0 Å². The van der Waals surface area contributed by atoms with Crippen molar-refractivity contribution in [1.29, 1.82) is 0 Å². The fourth-order valence-electron chi connectivity index (χ4n) is 2.22. The maximum Gasteiger partial charge on any atom is 0.273 e. The van der Waals surface area contributed by atoms with Crippen LogP contribution in [0.2, 0.25) is 0 Å². The summed E-state index contributed by atoms with van der Waals surface area (Å²) in [5, 5.41) is 2.70. The smallest absolute Gasteiger partial charge is 0.273 e. The molecule has 2 aliphatic carbocycles. The molecule has 0 aliphatic heterocycles. The molecule has 1 heterocycles. The Kier molecular flexibility index (Phi) is 3.58. The number of nitrogens with two attached hydrogens (primary N) is 1. The molecule has 0 saturated heterocycles. The maximum absolute atomic E-state index is 12.5. The van der Waals surface area contributed by atoms with Gasteiger partial charge in [0.25, 0.3) is 5.91 Å². The lowest BCUT2D eigenvalue weighted by Crippen LogP contribution is -2.35. The summed E-state index contributed by atoms with van der Waals surface area (Å²) in [4.78, 5) is 18.9. The van der Waals surface area contributed by atoms with Crippen molar-refractivity contribution < 1.29 is 4.79 Å². The van der Waals surface area contributed by atoms with Crippen LogP contribution in [-0.2, 0) is 0 Å². The van der Waals surface area contributed by atoms with Crippen LogP contribution in [0.25, 0.3) is 0 Å². The lowest BCUT2D eigenvalue weighted by Gasteiger charge is -2.21. The molecule has 1 amide bonds. The quantitative estimate of drug-likeness (QED) is 0.870. The van der Waals surface area contributed by atoms with E-state index in [2.05, 4.69) is 4.98 Å². The molecule has 1 aromatic heterocycles. The first-order chi connectivity index (χ1) is 9.13. The molecule has 3 rings (SSSR count). The predicted molar refractivity (Wildman–Crippen MR) is 76.1 cm³/mol. The second-order valence-electron chi connectivity index (χ2n) is 5.96. The molecule has 1 unspecified atom stereocenters. The number of thiazole rings is 1. The van der Waals surface area contributed by atoms with Crippen LogP contribution in [0.15, 0.2) is 5.38 Å². The van der Waals surface area contributed by atoms with E-state index in [-0.39, 0.29) is 11.9 Å². The van der Waals surface area contributed by atoms with Gasteiger partial charge in [-0.05, 0) is 44.4 Å². The normalized spacial score (nSPS) is 20.3. The molecule has 0 spiro atoms. The highest BCUT2D eigenvalue weighted by molar-refractivity contribution is 7.09. The van der Waals surface area contributed by atoms with Crippen molar-refractivity contribution in [3.8, 4) is 0 Å². The summed E-state index contributed by atoms with van der Waals surface area (Å²) in [6, 6.07) is -0.0909. The van der Waals surface area contributed by atoms with Gasteiger partial charge in [-0.1, -0.05) is 0 Å². The summed E-state index contributed by atoms with van der Waals surface area (Å²) in [5.74, 6) is 1.56. The van der Waals surface area contributed by atoms with Crippen LogP contribution in [0, 0.1) is 11.8 Å². The summed E-state index contributed by atoms with van der Waals surface area (Å²) in [5.41, 5.74) is 6.39. The third-order valence-electron chi connectivity index (χ3n) is 3.77. The minimum Gasteiger partial charge on any atom is -0.337 e. The molecule has 2 fully saturated rings. The van der Waals surface area contributed by atoms with E-state index in [1.54, 1.807) is 0 Å². The third kappa shape index (κ3) is 3.34. The van der Waals surface area contributed by atoms with Gasteiger partial charge in [0.15, 0.2) is 0 Å². The van der Waals surface area contributed by atoms with Crippen LogP contribution >= 0.6 is 11.3 Å². The zero-order valence-electron chi connectivity index (χ0n) is 11.3. The number of nitrogens with zero attached hydrogens (tertiary/aromatic N) is 2. The van der Waals surface area contributed by atoms with Crippen molar-refractivity contribution in [2.45, 2.75) is 38.6 Å². The van der Waals surface area contributed by atoms with Crippen LogP contribution in [0.4, 0.5) is 0 Å². The molecule has 0 aromatic carbocycles. The number of aromatic nitrogens is 1. The molecule has 0 bridgehead atoms. The van der Waals surface area contributed by atoms with E-state index in [1.165, 1.54) is 37.0 Å². The Morgan fingerprint density at radius 2 is 2.00 bits per heavy atom. The number of rotatable bonds is 6. The SMILES string of the molecule is CC(N)c1nc(C(=O)N(CC2CC2)CC2CC2)cs1. The third-order valence-corrected chi connectivity index (χ3v) is 4.81. The highest BCUT2D eigenvalue weighted by atomic mass is 32.1. The van der Waals surface area contributed by atoms with Gasteiger partial charge in [0.05, 0.1) is 6.04 Å². The van der Waals surface area contributed by atoms with E-state index in [4.69, 9.17) is 5.73 Å². The van der Waals surface area contributed by atoms with Gasteiger partial charge in [-0.25, -0.2) is 4.98 Å². The molecule has 2 saturated carbocycles. The van der Waals surface area contributed by atoms with Crippen molar-refractivity contribution in [3.05, 3.63) is 16.1 Å². The highest BCUT2D eigenvalue weighted by Crippen LogP contribution is 2.34. The van der Waals surface area contributed by atoms with E-state index < -0.39 is 0 Å². The van der Waals surface area contributed by atoms with Gasteiger partial charge in [0, 0.05) is 18.5 Å². The monoisotopic (exact) mass is 279 g/mol. The molecule has 2 N–H and O–H groups in total. The standard InChI is InChI=1S/C14H21N3OS/c1-9(15)13-16-12(8-19-13)14(18)17(6-10-2-3-10)7-11-4-5-11/h8-11H,2-7,15H2,1H3. The summed E-state index contributed by atoms with van der Waals surface area (Å²) in [6.45, 7) is 3.74. The molecular formula is C14H21N3OS. The maximum atomic E-state index is 12.5. The molecule has 19 heavy (non-hydrogen) atoms. The Hall–Kier alpha value is -0.940. The molecule has 1 aromatic rings. The Balaban J connectivity index is 1.69. The van der Waals surface area contributed by atoms with E-state index >= 15 is 0 Å². The molecule has 104 valence electrons. The number of hydrogen-bond donors (Lipinski definition) is 1. The first-order valence-electron chi connectivity index (χ1n) is 7.13. The summed E-state index contributed by atoms with van der Waals surface area (Å²) in [6.07, 6.45) is 5.10. The zero-order valence-corrected chi connectivity index (χ0v) is 12.2. The average Bonchev–Trinajstić information content (AvgIpc) is 3.29. The summed E-state index contributed by atoms with van der Waals surface area (Å²) >= 11 is 1.49. The van der Waals surface area contributed by atoms with Crippen LogP contribution in [0.1, 0.15) is 54.1 Å². The van der Waals surface area contributed by atoms with E-state index in [0.29, 0.717) is 5.69 Å². The second-order valence-corrected chi connectivity index (χ2v) is 6.85. The number of carbonyl (C=O) groups excluding carboxylic acids is 1. The molecular weight excluding hydrogens is 258 g/mol. The number of amides is 1. The molecule has 2 aliphatic rings. The fourth-order valence-corrected chi connectivity index (χ4v) is 2.97.